The van der Waals surface area contributed by atoms with Gasteiger partial charge in [0.15, 0.2) is 0 Å². The Bertz CT molecular complexity index is 1090. The van der Waals surface area contributed by atoms with Crippen LogP contribution >= 0.6 is 11.3 Å². The molecule has 0 saturated carbocycles. The molecule has 1 aromatic heterocycles. The van der Waals surface area contributed by atoms with Crippen LogP contribution < -0.4 is 14.8 Å². The zero-order valence-electron chi connectivity index (χ0n) is 16.8. The maximum Gasteiger partial charge on any atom is 0.251 e. The molecule has 6 nitrogen and oxygen atoms in total. The van der Waals surface area contributed by atoms with E-state index in [4.69, 9.17) is 4.74 Å². The normalized spacial score (nSPS) is 11.3. The molecule has 0 atom stereocenters. The first kappa shape index (κ1) is 22.0. The first-order valence-corrected chi connectivity index (χ1v) is 11.8. The second-order valence-electron chi connectivity index (χ2n) is 6.75. The predicted molar refractivity (Wildman–Crippen MR) is 119 cm³/mol. The molecule has 1 heterocycles. The van der Waals surface area contributed by atoms with Crippen LogP contribution in [0.15, 0.2) is 64.9 Å². The number of sulfonamides is 1. The summed E-state index contributed by atoms with van der Waals surface area (Å²) in [6, 6.07) is 15.6. The Morgan fingerprint density at radius 3 is 2.53 bits per heavy atom. The Morgan fingerprint density at radius 1 is 1.10 bits per heavy atom. The third kappa shape index (κ3) is 5.69. The fourth-order valence-electron chi connectivity index (χ4n) is 2.96. The molecule has 0 unspecified atom stereocenters. The fraction of sp³-hybridized carbons (Fsp3) is 0.227. The summed E-state index contributed by atoms with van der Waals surface area (Å²) >= 11 is 1.49. The standard InChI is InChI=1S/C22H24N2O4S2/c1-16-5-10-21(28-2)18(14-16)11-12-23-22(25)17-6-8-20(9-7-17)30(26,27)24-15-19-4-3-13-29-19/h3-10,13-14,24H,11-12,15H2,1-2H3,(H,23,25). The molecule has 0 aliphatic heterocycles. The number of amides is 1. The highest BCUT2D eigenvalue weighted by Crippen LogP contribution is 2.20. The van der Waals surface area contributed by atoms with Crippen molar-refractivity contribution in [1.29, 1.82) is 0 Å². The molecule has 2 N–H and O–H groups in total. The smallest absolute Gasteiger partial charge is 0.251 e. The summed E-state index contributed by atoms with van der Waals surface area (Å²) in [6.45, 7) is 2.69. The molecule has 0 fully saturated rings. The molecule has 0 spiro atoms. The van der Waals surface area contributed by atoms with Gasteiger partial charge < -0.3 is 10.1 Å². The summed E-state index contributed by atoms with van der Waals surface area (Å²) in [4.78, 5) is 13.4. The van der Waals surface area contributed by atoms with Gasteiger partial charge in [0.2, 0.25) is 10.0 Å². The molecule has 3 aromatic rings. The zero-order chi connectivity index (χ0) is 21.6. The summed E-state index contributed by atoms with van der Waals surface area (Å²) in [6.07, 6.45) is 0.635. The van der Waals surface area contributed by atoms with Crippen molar-refractivity contribution < 1.29 is 17.9 Å². The van der Waals surface area contributed by atoms with Gasteiger partial charge in [0.25, 0.3) is 5.91 Å². The van der Waals surface area contributed by atoms with Crippen LogP contribution in [0.1, 0.15) is 26.4 Å². The van der Waals surface area contributed by atoms with Crippen LogP contribution in [0.25, 0.3) is 0 Å². The average Bonchev–Trinajstić information content (AvgIpc) is 3.26. The third-order valence-electron chi connectivity index (χ3n) is 4.56. The second-order valence-corrected chi connectivity index (χ2v) is 9.55. The highest BCUT2D eigenvalue weighted by atomic mass is 32.2. The van der Waals surface area contributed by atoms with Gasteiger partial charge in [-0.3, -0.25) is 4.79 Å². The van der Waals surface area contributed by atoms with Crippen LogP contribution in [0, 0.1) is 6.92 Å². The van der Waals surface area contributed by atoms with Gasteiger partial charge in [0.05, 0.1) is 12.0 Å². The van der Waals surface area contributed by atoms with Gasteiger partial charge in [-0.15, -0.1) is 11.3 Å². The minimum atomic E-state index is -3.63. The van der Waals surface area contributed by atoms with Crippen molar-refractivity contribution >= 4 is 27.3 Å². The number of nitrogens with one attached hydrogen (secondary N) is 2. The minimum absolute atomic E-state index is 0.125. The second kappa shape index (κ2) is 9.88. The van der Waals surface area contributed by atoms with Crippen LogP contribution in [0.3, 0.4) is 0 Å². The zero-order valence-corrected chi connectivity index (χ0v) is 18.5. The first-order chi connectivity index (χ1) is 14.4. The first-order valence-electron chi connectivity index (χ1n) is 9.43. The van der Waals surface area contributed by atoms with Gasteiger partial charge in [0, 0.05) is 23.5 Å². The van der Waals surface area contributed by atoms with Crippen LogP contribution in [0.5, 0.6) is 5.75 Å². The Kier molecular flexibility index (Phi) is 7.25. The van der Waals surface area contributed by atoms with E-state index in [2.05, 4.69) is 10.0 Å². The van der Waals surface area contributed by atoms with Crippen molar-refractivity contribution in [3.8, 4) is 5.75 Å². The molecule has 30 heavy (non-hydrogen) atoms. The minimum Gasteiger partial charge on any atom is -0.496 e. The molecule has 0 aliphatic rings. The molecule has 0 aliphatic carbocycles. The number of methoxy groups -OCH3 is 1. The van der Waals surface area contributed by atoms with E-state index < -0.39 is 10.0 Å². The van der Waals surface area contributed by atoms with Crippen molar-refractivity contribution in [3.05, 3.63) is 81.5 Å². The summed E-state index contributed by atoms with van der Waals surface area (Å²) < 4.78 is 32.7. The van der Waals surface area contributed by atoms with Crippen molar-refractivity contribution in [3.63, 3.8) is 0 Å². The summed E-state index contributed by atoms with van der Waals surface area (Å²) in [5.41, 5.74) is 2.56. The average molecular weight is 445 g/mol. The van der Waals surface area contributed by atoms with Crippen LogP contribution in [-0.2, 0) is 23.0 Å². The topological polar surface area (TPSA) is 84.5 Å². The quantitative estimate of drug-likeness (QED) is 0.529. The lowest BCUT2D eigenvalue weighted by Crippen LogP contribution is -2.26. The van der Waals surface area contributed by atoms with Crippen molar-refractivity contribution in [2.24, 2.45) is 0 Å². The molecule has 1 amide bonds. The Balaban J connectivity index is 1.56. The highest BCUT2D eigenvalue weighted by molar-refractivity contribution is 7.89. The number of carbonyl (C=O) groups is 1. The molecule has 0 saturated heterocycles. The van der Waals surface area contributed by atoms with E-state index >= 15 is 0 Å². The van der Waals surface area contributed by atoms with E-state index in [1.165, 1.54) is 35.6 Å². The number of thiophene rings is 1. The summed E-state index contributed by atoms with van der Waals surface area (Å²) in [5, 5.41) is 4.76. The maximum atomic E-state index is 12.4. The molecule has 0 bridgehead atoms. The van der Waals surface area contributed by atoms with E-state index in [0.717, 1.165) is 21.8 Å². The lowest BCUT2D eigenvalue weighted by molar-refractivity contribution is 0.0954. The number of rotatable bonds is 9. The predicted octanol–water partition coefficient (Wildman–Crippen LogP) is 3.52. The Hall–Kier alpha value is -2.68. The molecule has 2 aromatic carbocycles. The van der Waals surface area contributed by atoms with E-state index in [1.54, 1.807) is 7.11 Å². The third-order valence-corrected chi connectivity index (χ3v) is 6.85. The highest BCUT2D eigenvalue weighted by Gasteiger charge is 2.15. The van der Waals surface area contributed by atoms with Crippen LogP contribution in [0.4, 0.5) is 0 Å². The van der Waals surface area contributed by atoms with Gasteiger partial charge in [-0.25, -0.2) is 13.1 Å². The van der Waals surface area contributed by atoms with Gasteiger partial charge in [0.1, 0.15) is 5.75 Å². The molecule has 0 radical (unpaired) electrons. The molecule has 3 rings (SSSR count). The lowest BCUT2D eigenvalue weighted by Gasteiger charge is -2.11. The molecular formula is C22H24N2O4S2. The Labute approximate surface area is 181 Å². The maximum absolute atomic E-state index is 12.4. The number of hydrogen-bond donors (Lipinski definition) is 2. The van der Waals surface area contributed by atoms with Gasteiger partial charge in [-0.2, -0.15) is 0 Å². The van der Waals surface area contributed by atoms with Gasteiger partial charge in [-0.05, 0) is 60.7 Å². The Morgan fingerprint density at radius 2 is 1.87 bits per heavy atom. The van der Waals surface area contributed by atoms with Crippen molar-refractivity contribution in [1.82, 2.24) is 10.0 Å². The SMILES string of the molecule is COc1ccc(C)cc1CCNC(=O)c1ccc(S(=O)(=O)NCc2cccs2)cc1. The van der Waals surface area contributed by atoms with Crippen LogP contribution in [0.2, 0.25) is 0 Å². The van der Waals surface area contributed by atoms with Crippen molar-refractivity contribution in [2.45, 2.75) is 24.8 Å². The van der Waals surface area contributed by atoms with E-state index in [-0.39, 0.29) is 17.3 Å². The van der Waals surface area contributed by atoms with Crippen molar-refractivity contribution in [2.75, 3.05) is 13.7 Å². The molecular weight excluding hydrogens is 420 g/mol. The number of aryl methyl sites for hydroxylation is 1. The number of carbonyl (C=O) groups excluding carboxylic acids is 1. The largest absolute Gasteiger partial charge is 0.496 e. The fourth-order valence-corrected chi connectivity index (χ4v) is 4.71. The molecule has 8 heteroatoms. The van der Waals surface area contributed by atoms with Gasteiger partial charge >= 0.3 is 0 Å². The number of benzene rings is 2. The van der Waals surface area contributed by atoms with E-state index in [1.807, 2.05) is 42.6 Å². The monoisotopic (exact) mass is 444 g/mol. The van der Waals surface area contributed by atoms with Crippen LogP contribution in [-0.4, -0.2) is 28.0 Å². The number of ether oxygens (including phenoxy) is 1. The van der Waals surface area contributed by atoms with E-state index in [0.29, 0.717) is 18.5 Å². The van der Waals surface area contributed by atoms with E-state index in [9.17, 15) is 13.2 Å². The summed E-state index contributed by atoms with van der Waals surface area (Å²) in [7, 11) is -2.01. The van der Waals surface area contributed by atoms with Gasteiger partial charge in [-0.1, -0.05) is 23.8 Å². The number of hydrogen-bond acceptors (Lipinski definition) is 5. The lowest BCUT2D eigenvalue weighted by atomic mass is 10.1. The summed E-state index contributed by atoms with van der Waals surface area (Å²) in [5.74, 6) is 0.538. The molecule has 158 valence electrons.